The summed E-state index contributed by atoms with van der Waals surface area (Å²) in [6.07, 6.45) is 2.58. The van der Waals surface area contributed by atoms with E-state index in [2.05, 4.69) is 23.6 Å². The van der Waals surface area contributed by atoms with Gasteiger partial charge in [0.1, 0.15) is 5.76 Å². The third kappa shape index (κ3) is 3.34. The minimum Gasteiger partial charge on any atom is -0.468 e. The van der Waals surface area contributed by atoms with Crippen LogP contribution in [0.15, 0.2) is 22.8 Å². The highest BCUT2D eigenvalue weighted by Gasteiger charge is 2.28. The van der Waals surface area contributed by atoms with Crippen LogP contribution in [0.3, 0.4) is 0 Å². The standard InChI is InChI=1S/C14H24N2O2/c1-12(2)16-7-6-15(10-13(16)5-8-17)11-14-4-3-9-18-14/h3-4,9,12-13,17H,5-8,10-11H2,1-2H3/t13-/m0/s1. The average Bonchev–Trinajstić information content (AvgIpc) is 2.82. The van der Waals surface area contributed by atoms with Gasteiger partial charge < -0.3 is 9.52 Å². The number of furan rings is 1. The largest absolute Gasteiger partial charge is 0.468 e. The number of rotatable bonds is 5. The molecule has 2 heterocycles. The minimum absolute atomic E-state index is 0.266. The first kappa shape index (κ1) is 13.6. The van der Waals surface area contributed by atoms with Crippen LogP contribution < -0.4 is 0 Å². The molecule has 0 amide bonds. The lowest BCUT2D eigenvalue weighted by Gasteiger charge is -2.43. The molecule has 0 aliphatic carbocycles. The van der Waals surface area contributed by atoms with Crippen LogP contribution >= 0.6 is 0 Å². The molecule has 1 aliphatic heterocycles. The number of nitrogens with zero attached hydrogens (tertiary/aromatic N) is 2. The Morgan fingerprint density at radius 1 is 1.44 bits per heavy atom. The Hall–Kier alpha value is -0.840. The molecule has 2 rings (SSSR count). The van der Waals surface area contributed by atoms with Crippen LogP contribution in [0.25, 0.3) is 0 Å². The fraction of sp³-hybridized carbons (Fsp3) is 0.714. The molecule has 1 aromatic rings. The quantitative estimate of drug-likeness (QED) is 0.863. The molecule has 0 radical (unpaired) electrons. The van der Waals surface area contributed by atoms with Gasteiger partial charge in [-0.1, -0.05) is 0 Å². The van der Waals surface area contributed by atoms with Crippen molar-refractivity contribution in [2.75, 3.05) is 26.2 Å². The van der Waals surface area contributed by atoms with Gasteiger partial charge in [-0.05, 0) is 32.4 Å². The van der Waals surface area contributed by atoms with Crippen molar-refractivity contribution < 1.29 is 9.52 Å². The van der Waals surface area contributed by atoms with Gasteiger partial charge in [-0.25, -0.2) is 0 Å². The smallest absolute Gasteiger partial charge is 0.117 e. The molecule has 18 heavy (non-hydrogen) atoms. The van der Waals surface area contributed by atoms with E-state index in [-0.39, 0.29) is 6.61 Å². The lowest BCUT2D eigenvalue weighted by Crippen LogP contribution is -2.55. The van der Waals surface area contributed by atoms with Crippen LogP contribution in [0.2, 0.25) is 0 Å². The van der Waals surface area contributed by atoms with E-state index in [1.54, 1.807) is 6.26 Å². The van der Waals surface area contributed by atoms with E-state index >= 15 is 0 Å². The minimum atomic E-state index is 0.266. The van der Waals surface area contributed by atoms with Crippen LogP contribution in [-0.4, -0.2) is 53.2 Å². The lowest BCUT2D eigenvalue weighted by molar-refractivity contribution is 0.0323. The molecule has 1 N–H and O–H groups in total. The highest BCUT2D eigenvalue weighted by atomic mass is 16.3. The molecule has 1 aromatic heterocycles. The summed E-state index contributed by atoms with van der Waals surface area (Å²) in [5, 5.41) is 9.20. The highest BCUT2D eigenvalue weighted by Crippen LogP contribution is 2.18. The molecule has 1 fully saturated rings. The second-order valence-corrected chi connectivity index (χ2v) is 5.31. The molecule has 4 nitrogen and oxygen atoms in total. The Labute approximate surface area is 109 Å². The maximum atomic E-state index is 9.20. The van der Waals surface area contributed by atoms with Gasteiger partial charge >= 0.3 is 0 Å². The summed E-state index contributed by atoms with van der Waals surface area (Å²) in [5.41, 5.74) is 0. The third-order valence-corrected chi connectivity index (χ3v) is 3.70. The first-order valence-electron chi connectivity index (χ1n) is 6.82. The van der Waals surface area contributed by atoms with Gasteiger partial charge in [0.25, 0.3) is 0 Å². The Balaban J connectivity index is 1.92. The molecule has 1 aliphatic rings. The molecule has 0 spiro atoms. The second-order valence-electron chi connectivity index (χ2n) is 5.31. The van der Waals surface area contributed by atoms with Crippen molar-refractivity contribution in [2.24, 2.45) is 0 Å². The van der Waals surface area contributed by atoms with Crippen LogP contribution in [0, 0.1) is 0 Å². The lowest BCUT2D eigenvalue weighted by atomic mass is 10.1. The van der Waals surface area contributed by atoms with Crippen LogP contribution in [-0.2, 0) is 6.54 Å². The van der Waals surface area contributed by atoms with Crippen LogP contribution in [0.5, 0.6) is 0 Å². The van der Waals surface area contributed by atoms with Gasteiger partial charge in [0.15, 0.2) is 0 Å². The predicted molar refractivity (Wildman–Crippen MR) is 71.3 cm³/mol. The van der Waals surface area contributed by atoms with Crippen molar-refractivity contribution in [3.8, 4) is 0 Å². The zero-order valence-electron chi connectivity index (χ0n) is 11.4. The van der Waals surface area contributed by atoms with Crippen molar-refractivity contribution >= 4 is 0 Å². The van der Waals surface area contributed by atoms with Crippen molar-refractivity contribution in [1.82, 2.24) is 9.80 Å². The first-order valence-corrected chi connectivity index (χ1v) is 6.82. The van der Waals surface area contributed by atoms with E-state index in [0.29, 0.717) is 12.1 Å². The number of hydrogen-bond donors (Lipinski definition) is 1. The van der Waals surface area contributed by atoms with Gasteiger partial charge in [0.05, 0.1) is 12.8 Å². The van der Waals surface area contributed by atoms with Crippen LogP contribution in [0.1, 0.15) is 26.0 Å². The van der Waals surface area contributed by atoms with E-state index in [9.17, 15) is 5.11 Å². The van der Waals surface area contributed by atoms with E-state index in [0.717, 1.165) is 38.4 Å². The molecule has 0 bridgehead atoms. The molecule has 0 saturated carbocycles. The highest BCUT2D eigenvalue weighted by molar-refractivity contribution is 4.99. The normalized spacial score (nSPS) is 22.8. The fourth-order valence-electron chi connectivity index (χ4n) is 2.79. The van der Waals surface area contributed by atoms with Gasteiger partial charge in [-0.3, -0.25) is 9.80 Å². The number of aliphatic hydroxyl groups excluding tert-OH is 1. The van der Waals surface area contributed by atoms with Gasteiger partial charge in [-0.15, -0.1) is 0 Å². The summed E-state index contributed by atoms with van der Waals surface area (Å²) in [7, 11) is 0. The van der Waals surface area contributed by atoms with E-state index in [1.165, 1.54) is 0 Å². The molecule has 1 atom stereocenters. The van der Waals surface area contributed by atoms with E-state index in [4.69, 9.17) is 4.42 Å². The molecule has 0 unspecified atom stereocenters. The van der Waals surface area contributed by atoms with E-state index < -0.39 is 0 Å². The molecular formula is C14H24N2O2. The van der Waals surface area contributed by atoms with Crippen molar-refractivity contribution in [3.63, 3.8) is 0 Å². The van der Waals surface area contributed by atoms with Crippen molar-refractivity contribution in [2.45, 2.75) is 38.9 Å². The Kier molecular flexibility index (Phi) is 4.80. The number of hydrogen-bond acceptors (Lipinski definition) is 4. The first-order chi connectivity index (χ1) is 8.70. The van der Waals surface area contributed by atoms with Crippen LogP contribution in [0.4, 0.5) is 0 Å². The Morgan fingerprint density at radius 3 is 2.89 bits per heavy atom. The summed E-state index contributed by atoms with van der Waals surface area (Å²) in [5.74, 6) is 1.02. The summed E-state index contributed by atoms with van der Waals surface area (Å²) in [6, 6.07) is 4.96. The molecule has 0 aromatic carbocycles. The summed E-state index contributed by atoms with van der Waals surface area (Å²) < 4.78 is 5.40. The van der Waals surface area contributed by atoms with Gasteiger partial charge in [0, 0.05) is 38.3 Å². The molecule has 102 valence electrons. The second kappa shape index (κ2) is 6.36. The Morgan fingerprint density at radius 2 is 2.28 bits per heavy atom. The maximum absolute atomic E-state index is 9.20. The summed E-state index contributed by atoms with van der Waals surface area (Å²) in [6.45, 7) is 8.76. The SMILES string of the molecule is CC(C)N1CCN(Cc2ccco2)C[C@@H]1CCO. The van der Waals surface area contributed by atoms with Gasteiger partial charge in [-0.2, -0.15) is 0 Å². The monoisotopic (exact) mass is 252 g/mol. The summed E-state index contributed by atoms with van der Waals surface area (Å²) in [4.78, 5) is 4.91. The van der Waals surface area contributed by atoms with Crippen molar-refractivity contribution in [1.29, 1.82) is 0 Å². The van der Waals surface area contributed by atoms with E-state index in [1.807, 2.05) is 12.1 Å². The molecule has 1 saturated heterocycles. The maximum Gasteiger partial charge on any atom is 0.117 e. The number of piperazine rings is 1. The topological polar surface area (TPSA) is 39.9 Å². The average molecular weight is 252 g/mol. The summed E-state index contributed by atoms with van der Waals surface area (Å²) >= 11 is 0. The fourth-order valence-corrected chi connectivity index (χ4v) is 2.79. The number of aliphatic hydroxyl groups is 1. The zero-order valence-corrected chi connectivity index (χ0v) is 11.4. The predicted octanol–water partition coefficient (Wildman–Crippen LogP) is 1.56. The van der Waals surface area contributed by atoms with Crippen molar-refractivity contribution in [3.05, 3.63) is 24.2 Å². The molecular weight excluding hydrogens is 228 g/mol. The molecule has 4 heteroatoms. The van der Waals surface area contributed by atoms with Gasteiger partial charge in [0.2, 0.25) is 0 Å². The zero-order chi connectivity index (χ0) is 13.0. The third-order valence-electron chi connectivity index (χ3n) is 3.70. The Bertz CT molecular complexity index is 338.